The maximum Gasteiger partial charge on any atom is 0.119 e. The number of benzene rings is 2. The van der Waals surface area contributed by atoms with Gasteiger partial charge < -0.3 is 14.0 Å². The highest BCUT2D eigenvalue weighted by Gasteiger charge is 2.22. The van der Waals surface area contributed by atoms with Gasteiger partial charge in [-0.2, -0.15) is 0 Å². The molecule has 2 heterocycles. The lowest BCUT2D eigenvalue weighted by atomic mass is 10.0. The highest BCUT2D eigenvalue weighted by molar-refractivity contribution is 5.85. The molecule has 0 N–H and O–H groups in total. The minimum Gasteiger partial charge on any atom is -0.497 e. The average Bonchev–Trinajstić information content (AvgIpc) is 2.98. The van der Waals surface area contributed by atoms with Crippen LogP contribution in [0.3, 0.4) is 0 Å². The standard InChI is InChI=1S/C22H26N2O2/c1-23-21-7-4-3-6-19(21)20-16-24(14-12-22(20)23)13-5-15-26-18-10-8-17(25-2)9-11-18/h3-4,6-11H,5,12-16H2,1-2H3. The molecule has 0 saturated carbocycles. The van der Waals surface area contributed by atoms with Gasteiger partial charge in [-0.3, -0.25) is 4.90 Å². The summed E-state index contributed by atoms with van der Waals surface area (Å²) in [4.78, 5) is 2.55. The van der Waals surface area contributed by atoms with E-state index in [4.69, 9.17) is 9.47 Å². The second kappa shape index (κ2) is 7.42. The van der Waals surface area contributed by atoms with E-state index < -0.39 is 0 Å². The molecule has 4 heteroatoms. The molecule has 3 aromatic rings. The quantitative estimate of drug-likeness (QED) is 0.628. The first kappa shape index (κ1) is 17.0. The zero-order valence-electron chi connectivity index (χ0n) is 15.6. The molecule has 4 nitrogen and oxygen atoms in total. The van der Waals surface area contributed by atoms with Gasteiger partial charge in [0, 0.05) is 49.7 Å². The summed E-state index contributed by atoms with van der Waals surface area (Å²) in [6.45, 7) is 3.98. The number of ether oxygens (including phenoxy) is 2. The van der Waals surface area contributed by atoms with E-state index in [2.05, 4.69) is 40.8 Å². The number of hydrogen-bond donors (Lipinski definition) is 0. The molecule has 0 bridgehead atoms. The van der Waals surface area contributed by atoms with Crippen molar-refractivity contribution < 1.29 is 9.47 Å². The van der Waals surface area contributed by atoms with Gasteiger partial charge in [0.2, 0.25) is 0 Å². The van der Waals surface area contributed by atoms with E-state index in [1.54, 1.807) is 7.11 Å². The van der Waals surface area contributed by atoms with E-state index in [0.29, 0.717) is 0 Å². The van der Waals surface area contributed by atoms with Gasteiger partial charge in [-0.1, -0.05) is 18.2 Å². The summed E-state index contributed by atoms with van der Waals surface area (Å²) < 4.78 is 13.4. The molecule has 4 rings (SSSR count). The predicted molar refractivity (Wildman–Crippen MR) is 105 cm³/mol. The Hall–Kier alpha value is -2.46. The zero-order chi connectivity index (χ0) is 17.9. The Bertz CT molecular complexity index is 883. The van der Waals surface area contributed by atoms with Crippen LogP contribution in [0, 0.1) is 0 Å². The third kappa shape index (κ3) is 3.29. The largest absolute Gasteiger partial charge is 0.497 e. The molecule has 0 saturated heterocycles. The Morgan fingerprint density at radius 3 is 2.58 bits per heavy atom. The Balaban J connectivity index is 1.32. The van der Waals surface area contributed by atoms with Crippen LogP contribution in [0.15, 0.2) is 48.5 Å². The Morgan fingerprint density at radius 1 is 1.00 bits per heavy atom. The molecule has 0 radical (unpaired) electrons. The summed E-state index contributed by atoms with van der Waals surface area (Å²) in [6.07, 6.45) is 2.16. The summed E-state index contributed by atoms with van der Waals surface area (Å²) in [5, 5.41) is 1.41. The second-order valence-corrected chi connectivity index (χ2v) is 6.91. The van der Waals surface area contributed by atoms with Crippen molar-refractivity contribution >= 4 is 10.9 Å². The molecule has 2 aromatic carbocycles. The van der Waals surface area contributed by atoms with E-state index in [-0.39, 0.29) is 0 Å². The van der Waals surface area contributed by atoms with Gasteiger partial charge in [-0.25, -0.2) is 0 Å². The number of rotatable bonds is 6. The molecule has 1 aliphatic rings. The third-order valence-corrected chi connectivity index (χ3v) is 5.34. The van der Waals surface area contributed by atoms with E-state index >= 15 is 0 Å². The van der Waals surface area contributed by atoms with Gasteiger partial charge in [0.25, 0.3) is 0 Å². The molecular formula is C22H26N2O2. The smallest absolute Gasteiger partial charge is 0.119 e. The van der Waals surface area contributed by atoms with Crippen LogP contribution in [-0.2, 0) is 20.0 Å². The maximum atomic E-state index is 5.85. The third-order valence-electron chi connectivity index (χ3n) is 5.34. The molecule has 26 heavy (non-hydrogen) atoms. The Morgan fingerprint density at radius 2 is 1.77 bits per heavy atom. The average molecular weight is 350 g/mol. The SMILES string of the molecule is COc1ccc(OCCCN2CCc3c(c4ccccc4n3C)C2)cc1. The van der Waals surface area contributed by atoms with Crippen LogP contribution in [0.5, 0.6) is 11.5 Å². The van der Waals surface area contributed by atoms with E-state index in [1.165, 1.54) is 22.2 Å². The molecule has 0 aliphatic carbocycles. The topological polar surface area (TPSA) is 26.6 Å². The van der Waals surface area contributed by atoms with Gasteiger partial charge in [0.1, 0.15) is 11.5 Å². The Kier molecular flexibility index (Phi) is 4.85. The number of aryl methyl sites for hydroxylation is 1. The van der Waals surface area contributed by atoms with Crippen LogP contribution in [0.4, 0.5) is 0 Å². The number of nitrogens with zero attached hydrogens (tertiary/aromatic N) is 2. The van der Waals surface area contributed by atoms with Crippen LogP contribution in [0.2, 0.25) is 0 Å². The molecule has 0 atom stereocenters. The van der Waals surface area contributed by atoms with Gasteiger partial charge in [-0.05, 0) is 42.3 Å². The molecule has 0 spiro atoms. The molecule has 0 unspecified atom stereocenters. The lowest BCUT2D eigenvalue weighted by molar-refractivity contribution is 0.220. The Labute approximate surface area is 154 Å². The highest BCUT2D eigenvalue weighted by atomic mass is 16.5. The van der Waals surface area contributed by atoms with Crippen molar-refractivity contribution in [1.29, 1.82) is 0 Å². The number of para-hydroxylation sites is 1. The van der Waals surface area contributed by atoms with Crippen LogP contribution in [0.25, 0.3) is 10.9 Å². The fourth-order valence-electron chi connectivity index (χ4n) is 3.93. The second-order valence-electron chi connectivity index (χ2n) is 6.91. The molecular weight excluding hydrogens is 324 g/mol. The van der Waals surface area contributed by atoms with Crippen molar-refractivity contribution in [2.24, 2.45) is 7.05 Å². The zero-order valence-corrected chi connectivity index (χ0v) is 15.6. The van der Waals surface area contributed by atoms with Crippen LogP contribution in [0.1, 0.15) is 17.7 Å². The fourth-order valence-corrected chi connectivity index (χ4v) is 3.93. The molecule has 1 aliphatic heterocycles. The van der Waals surface area contributed by atoms with Crippen molar-refractivity contribution in [1.82, 2.24) is 9.47 Å². The van der Waals surface area contributed by atoms with Crippen molar-refractivity contribution in [3.05, 3.63) is 59.8 Å². The van der Waals surface area contributed by atoms with Crippen molar-refractivity contribution in [2.45, 2.75) is 19.4 Å². The summed E-state index contributed by atoms with van der Waals surface area (Å²) in [5.74, 6) is 1.76. The highest BCUT2D eigenvalue weighted by Crippen LogP contribution is 2.30. The number of hydrogen-bond acceptors (Lipinski definition) is 3. The van der Waals surface area contributed by atoms with Gasteiger partial charge >= 0.3 is 0 Å². The number of aromatic nitrogens is 1. The fraction of sp³-hybridized carbons (Fsp3) is 0.364. The minimum absolute atomic E-state index is 0.741. The number of fused-ring (bicyclic) bond motifs is 3. The first-order valence-electron chi connectivity index (χ1n) is 9.30. The van der Waals surface area contributed by atoms with Crippen LogP contribution in [-0.4, -0.2) is 36.3 Å². The molecule has 1 aromatic heterocycles. The number of methoxy groups -OCH3 is 1. The molecule has 136 valence electrons. The first-order chi connectivity index (χ1) is 12.8. The minimum atomic E-state index is 0.741. The normalized spacial score (nSPS) is 14.4. The van der Waals surface area contributed by atoms with Crippen molar-refractivity contribution in [3.63, 3.8) is 0 Å². The van der Waals surface area contributed by atoms with Gasteiger partial charge in [0.15, 0.2) is 0 Å². The van der Waals surface area contributed by atoms with E-state index in [1.807, 2.05) is 24.3 Å². The van der Waals surface area contributed by atoms with Crippen LogP contribution >= 0.6 is 0 Å². The summed E-state index contributed by atoms with van der Waals surface area (Å²) >= 11 is 0. The van der Waals surface area contributed by atoms with E-state index in [9.17, 15) is 0 Å². The van der Waals surface area contributed by atoms with Crippen LogP contribution < -0.4 is 9.47 Å². The van der Waals surface area contributed by atoms with Crippen molar-refractivity contribution in [3.8, 4) is 11.5 Å². The maximum absolute atomic E-state index is 5.85. The summed E-state index contributed by atoms with van der Waals surface area (Å²) in [6, 6.07) is 16.5. The first-order valence-corrected chi connectivity index (χ1v) is 9.30. The lowest BCUT2D eigenvalue weighted by Crippen LogP contribution is -2.32. The summed E-state index contributed by atoms with van der Waals surface area (Å²) in [5.41, 5.74) is 4.35. The molecule has 0 amide bonds. The lowest BCUT2D eigenvalue weighted by Gasteiger charge is -2.27. The van der Waals surface area contributed by atoms with Crippen molar-refractivity contribution in [2.75, 3.05) is 26.8 Å². The summed E-state index contributed by atoms with van der Waals surface area (Å²) in [7, 11) is 3.87. The monoisotopic (exact) mass is 350 g/mol. The predicted octanol–water partition coefficient (Wildman–Crippen LogP) is 4.01. The van der Waals surface area contributed by atoms with E-state index in [0.717, 1.165) is 50.6 Å². The van der Waals surface area contributed by atoms with Gasteiger partial charge in [-0.15, -0.1) is 0 Å². The molecule has 0 fully saturated rings. The van der Waals surface area contributed by atoms with Gasteiger partial charge in [0.05, 0.1) is 13.7 Å².